The Hall–Kier alpha value is -1.24. The van der Waals surface area contributed by atoms with E-state index in [-0.39, 0.29) is 10.9 Å². The number of thioether (sulfide) groups is 1. The van der Waals surface area contributed by atoms with Gasteiger partial charge in [0.2, 0.25) is 0 Å². The highest BCUT2D eigenvalue weighted by atomic mass is 32.2. The summed E-state index contributed by atoms with van der Waals surface area (Å²) in [6.45, 7) is 1.39. The molecule has 0 bridgehead atoms. The van der Waals surface area contributed by atoms with Gasteiger partial charge in [0.25, 0.3) is 0 Å². The van der Waals surface area contributed by atoms with Crippen molar-refractivity contribution >= 4 is 23.2 Å². The van der Waals surface area contributed by atoms with Gasteiger partial charge in [-0.25, -0.2) is 0 Å². The van der Waals surface area contributed by atoms with Crippen LogP contribution in [0, 0.1) is 0 Å². The molecule has 92 valence electrons. The fourth-order valence-corrected chi connectivity index (χ4v) is 1.81. The van der Waals surface area contributed by atoms with Crippen molar-refractivity contribution in [1.29, 1.82) is 0 Å². The van der Waals surface area contributed by atoms with E-state index in [1.807, 2.05) is 0 Å². The monoisotopic (exact) mass is 255 g/mol. The van der Waals surface area contributed by atoms with E-state index in [1.165, 1.54) is 25.4 Å². The minimum Gasteiger partial charge on any atom is -0.389 e. The molecule has 1 heterocycles. The molecule has 1 rings (SSSR count). The quantitative estimate of drug-likeness (QED) is 0.748. The van der Waals surface area contributed by atoms with Crippen molar-refractivity contribution in [3.05, 3.63) is 29.6 Å². The van der Waals surface area contributed by atoms with Crippen LogP contribution in [0.15, 0.2) is 18.5 Å². The Morgan fingerprint density at radius 2 is 2.24 bits per heavy atom. The van der Waals surface area contributed by atoms with Gasteiger partial charge in [-0.1, -0.05) is 11.8 Å². The molecule has 0 aliphatic rings. The Kier molecular flexibility index (Phi) is 5.27. The van der Waals surface area contributed by atoms with Crippen LogP contribution >= 0.6 is 11.8 Å². The van der Waals surface area contributed by atoms with E-state index in [9.17, 15) is 19.8 Å². The van der Waals surface area contributed by atoms with Crippen LogP contribution in [0.25, 0.3) is 0 Å². The average molecular weight is 255 g/mol. The molecule has 0 spiro atoms. The zero-order valence-corrected chi connectivity index (χ0v) is 10.1. The number of carbonyl (C=O) groups is 2. The van der Waals surface area contributed by atoms with Crippen LogP contribution in [0.1, 0.15) is 28.9 Å². The molecule has 0 saturated carbocycles. The predicted molar refractivity (Wildman–Crippen MR) is 63.7 cm³/mol. The molecule has 1 aromatic rings. The van der Waals surface area contributed by atoms with Crippen LogP contribution in [0.4, 0.5) is 0 Å². The first-order valence-corrected chi connectivity index (χ1v) is 5.92. The first-order valence-electron chi connectivity index (χ1n) is 4.94. The van der Waals surface area contributed by atoms with E-state index in [1.54, 1.807) is 0 Å². The van der Waals surface area contributed by atoms with Gasteiger partial charge < -0.3 is 10.2 Å². The van der Waals surface area contributed by atoms with E-state index < -0.39 is 12.2 Å². The number of rotatable bonds is 5. The fraction of sp³-hybridized carbons (Fsp3) is 0.364. The molecule has 17 heavy (non-hydrogen) atoms. The van der Waals surface area contributed by atoms with E-state index >= 15 is 0 Å². The molecule has 0 fully saturated rings. The zero-order valence-electron chi connectivity index (χ0n) is 9.24. The van der Waals surface area contributed by atoms with Crippen molar-refractivity contribution in [3.63, 3.8) is 0 Å². The molecule has 2 N–H and O–H groups in total. The van der Waals surface area contributed by atoms with Crippen molar-refractivity contribution < 1.29 is 19.8 Å². The van der Waals surface area contributed by atoms with Gasteiger partial charge in [-0.05, 0) is 6.07 Å². The van der Waals surface area contributed by atoms with Crippen molar-refractivity contribution in [2.75, 3.05) is 5.75 Å². The molecule has 1 aromatic heterocycles. The highest BCUT2D eigenvalue weighted by Gasteiger charge is 2.19. The molecule has 2 unspecified atom stereocenters. The molecular formula is C11H13NO4S. The SMILES string of the molecule is CC(=O)SCC(O)C(O)c1cncc(C=O)c1. The third-order valence-electron chi connectivity index (χ3n) is 2.08. The third-order valence-corrected chi connectivity index (χ3v) is 2.99. The van der Waals surface area contributed by atoms with Crippen molar-refractivity contribution in [3.8, 4) is 0 Å². The molecule has 6 heteroatoms. The summed E-state index contributed by atoms with van der Waals surface area (Å²) < 4.78 is 0. The maximum atomic E-state index is 10.7. The Morgan fingerprint density at radius 3 is 2.82 bits per heavy atom. The molecular weight excluding hydrogens is 242 g/mol. The first-order chi connectivity index (χ1) is 8.04. The molecule has 0 radical (unpaired) electrons. The summed E-state index contributed by atoms with van der Waals surface area (Å²) in [7, 11) is 0. The second kappa shape index (κ2) is 6.48. The van der Waals surface area contributed by atoms with E-state index in [0.29, 0.717) is 17.4 Å². The number of pyridine rings is 1. The normalized spacial score (nSPS) is 14.1. The lowest BCUT2D eigenvalue weighted by Gasteiger charge is -2.17. The predicted octanol–water partition coefficient (Wildman–Crippen LogP) is 0.568. The molecule has 0 amide bonds. The van der Waals surface area contributed by atoms with Crippen molar-refractivity contribution in [2.45, 2.75) is 19.1 Å². The van der Waals surface area contributed by atoms with Crippen LogP contribution in [-0.2, 0) is 4.79 Å². The van der Waals surface area contributed by atoms with Crippen LogP contribution < -0.4 is 0 Å². The molecule has 0 aromatic carbocycles. The summed E-state index contributed by atoms with van der Waals surface area (Å²) in [4.78, 5) is 25.0. The second-order valence-corrected chi connectivity index (χ2v) is 4.68. The summed E-state index contributed by atoms with van der Waals surface area (Å²) in [6.07, 6.45) is 1.11. The van der Waals surface area contributed by atoms with Gasteiger partial charge in [-0.2, -0.15) is 0 Å². The van der Waals surface area contributed by atoms with Gasteiger partial charge in [-0.15, -0.1) is 0 Å². The maximum absolute atomic E-state index is 10.7. The minimum absolute atomic E-state index is 0.0990. The van der Waals surface area contributed by atoms with E-state index in [4.69, 9.17) is 0 Å². The standard InChI is InChI=1S/C11H13NO4S/c1-7(14)17-6-10(15)11(16)9-2-8(5-13)3-12-4-9/h2-5,10-11,15-16H,6H2,1H3. The van der Waals surface area contributed by atoms with Crippen LogP contribution in [0.3, 0.4) is 0 Å². The summed E-state index contributed by atoms with van der Waals surface area (Å²) in [5.41, 5.74) is 0.680. The molecule has 5 nitrogen and oxygen atoms in total. The number of carbonyl (C=O) groups excluding carboxylic acids is 2. The van der Waals surface area contributed by atoms with E-state index in [2.05, 4.69) is 4.98 Å². The van der Waals surface area contributed by atoms with Crippen LogP contribution in [-0.4, -0.2) is 38.5 Å². The van der Waals surface area contributed by atoms with Gasteiger partial charge in [0.1, 0.15) is 6.10 Å². The number of aliphatic hydroxyl groups excluding tert-OH is 2. The van der Waals surface area contributed by atoms with Gasteiger partial charge in [0.05, 0.1) is 6.10 Å². The van der Waals surface area contributed by atoms with Crippen LogP contribution in [0.5, 0.6) is 0 Å². The lowest BCUT2D eigenvalue weighted by atomic mass is 10.1. The smallest absolute Gasteiger partial charge is 0.185 e. The number of aromatic nitrogens is 1. The lowest BCUT2D eigenvalue weighted by Crippen LogP contribution is -2.21. The highest BCUT2D eigenvalue weighted by molar-refractivity contribution is 8.13. The largest absolute Gasteiger partial charge is 0.389 e. The summed E-state index contributed by atoms with van der Waals surface area (Å²) >= 11 is 0.933. The van der Waals surface area contributed by atoms with Gasteiger partial charge >= 0.3 is 0 Å². The van der Waals surface area contributed by atoms with E-state index in [0.717, 1.165) is 11.8 Å². The van der Waals surface area contributed by atoms with Crippen LogP contribution in [0.2, 0.25) is 0 Å². The number of hydrogen-bond acceptors (Lipinski definition) is 6. The Labute approximate surface area is 103 Å². The molecule has 2 atom stereocenters. The number of aliphatic hydroxyl groups is 2. The Bertz CT molecular complexity index is 410. The first kappa shape index (κ1) is 13.8. The van der Waals surface area contributed by atoms with Crippen molar-refractivity contribution in [2.24, 2.45) is 0 Å². The zero-order chi connectivity index (χ0) is 12.8. The number of nitrogens with zero attached hydrogens (tertiary/aromatic N) is 1. The summed E-state index contributed by atoms with van der Waals surface area (Å²) in [6, 6.07) is 1.45. The van der Waals surface area contributed by atoms with Gasteiger partial charge in [0, 0.05) is 36.2 Å². The summed E-state index contributed by atoms with van der Waals surface area (Å²) in [5.74, 6) is 0.0990. The maximum Gasteiger partial charge on any atom is 0.185 e. The average Bonchev–Trinajstić information content (AvgIpc) is 2.35. The minimum atomic E-state index is -1.16. The van der Waals surface area contributed by atoms with Crippen molar-refractivity contribution in [1.82, 2.24) is 4.98 Å². The van der Waals surface area contributed by atoms with Gasteiger partial charge in [-0.3, -0.25) is 14.6 Å². The van der Waals surface area contributed by atoms with Gasteiger partial charge in [0.15, 0.2) is 11.4 Å². The third kappa shape index (κ3) is 4.26. The molecule has 0 aliphatic heterocycles. The molecule has 0 aliphatic carbocycles. The molecule has 0 saturated heterocycles. The number of hydrogen-bond donors (Lipinski definition) is 2. The number of aldehydes is 1. The Morgan fingerprint density at radius 1 is 1.53 bits per heavy atom. The second-order valence-electron chi connectivity index (χ2n) is 3.48. The topological polar surface area (TPSA) is 87.5 Å². The highest BCUT2D eigenvalue weighted by Crippen LogP contribution is 2.19. The fourth-order valence-electron chi connectivity index (χ4n) is 1.22. The summed E-state index contributed by atoms with van der Waals surface area (Å²) in [5, 5.41) is 19.3. The lowest BCUT2D eigenvalue weighted by molar-refractivity contribution is -0.109. The Balaban J connectivity index is 2.70.